The first-order valence-electron chi connectivity index (χ1n) is 8.20. The Bertz CT molecular complexity index is 448. The maximum atomic E-state index is 12.1. The molecule has 0 aromatic heterocycles. The van der Waals surface area contributed by atoms with Crippen LogP contribution in [0.4, 0.5) is 0 Å². The lowest BCUT2D eigenvalue weighted by Gasteiger charge is -2.27. The molecule has 0 bridgehead atoms. The molecular weight excluding hydrogens is 274 g/mol. The second-order valence-electron chi connectivity index (χ2n) is 7.47. The van der Waals surface area contributed by atoms with Crippen LogP contribution < -0.4 is 5.32 Å². The highest BCUT2D eigenvalue weighted by Crippen LogP contribution is 2.28. The quantitative estimate of drug-likeness (QED) is 0.806. The molecule has 124 valence electrons. The molecule has 1 aromatic carbocycles. The average molecular weight is 305 g/mol. The molecule has 0 aliphatic rings. The van der Waals surface area contributed by atoms with Crippen molar-refractivity contribution in [3.63, 3.8) is 0 Å². The van der Waals surface area contributed by atoms with Gasteiger partial charge >= 0.3 is 0 Å². The van der Waals surface area contributed by atoms with Gasteiger partial charge in [-0.1, -0.05) is 58.0 Å². The third-order valence-electron chi connectivity index (χ3n) is 4.41. The molecule has 2 N–H and O–H groups in total. The van der Waals surface area contributed by atoms with E-state index in [1.54, 1.807) is 6.92 Å². The Kier molecular flexibility index (Phi) is 7.08. The van der Waals surface area contributed by atoms with E-state index in [9.17, 15) is 9.90 Å². The van der Waals surface area contributed by atoms with Gasteiger partial charge in [-0.05, 0) is 30.2 Å². The van der Waals surface area contributed by atoms with Crippen LogP contribution in [0.25, 0.3) is 0 Å². The third kappa shape index (κ3) is 6.61. The zero-order valence-corrected chi connectivity index (χ0v) is 14.6. The monoisotopic (exact) mass is 305 g/mol. The van der Waals surface area contributed by atoms with Gasteiger partial charge in [0.1, 0.15) is 0 Å². The van der Waals surface area contributed by atoms with Crippen molar-refractivity contribution in [3.8, 4) is 0 Å². The van der Waals surface area contributed by atoms with Gasteiger partial charge in [0, 0.05) is 18.9 Å². The van der Waals surface area contributed by atoms with Crippen LogP contribution in [-0.2, 0) is 4.79 Å². The molecule has 1 aromatic rings. The summed E-state index contributed by atoms with van der Waals surface area (Å²) in [5.74, 6) is 0.573. The number of carbonyl (C=O) groups is 1. The molecule has 0 saturated heterocycles. The summed E-state index contributed by atoms with van der Waals surface area (Å²) in [6, 6.07) is 10.1. The molecule has 3 unspecified atom stereocenters. The summed E-state index contributed by atoms with van der Waals surface area (Å²) in [7, 11) is 0. The van der Waals surface area contributed by atoms with Crippen LogP contribution in [0, 0.1) is 11.3 Å². The Morgan fingerprint density at radius 1 is 1.18 bits per heavy atom. The molecule has 0 fully saturated rings. The van der Waals surface area contributed by atoms with Crippen LogP contribution in [-0.4, -0.2) is 23.7 Å². The zero-order chi connectivity index (χ0) is 16.8. The van der Waals surface area contributed by atoms with E-state index in [-0.39, 0.29) is 23.3 Å². The number of carbonyl (C=O) groups excluding carboxylic acids is 1. The highest BCUT2D eigenvalue weighted by molar-refractivity contribution is 5.76. The van der Waals surface area contributed by atoms with E-state index in [2.05, 4.69) is 45.1 Å². The lowest BCUT2D eigenvalue weighted by molar-refractivity contribution is -0.122. The molecule has 1 rings (SSSR count). The topological polar surface area (TPSA) is 49.3 Å². The third-order valence-corrected chi connectivity index (χ3v) is 4.41. The van der Waals surface area contributed by atoms with Crippen molar-refractivity contribution in [2.45, 2.75) is 59.5 Å². The number of amides is 1. The van der Waals surface area contributed by atoms with E-state index in [0.29, 0.717) is 25.3 Å². The van der Waals surface area contributed by atoms with Gasteiger partial charge in [-0.15, -0.1) is 0 Å². The van der Waals surface area contributed by atoms with Gasteiger partial charge in [0.2, 0.25) is 5.91 Å². The number of benzene rings is 1. The summed E-state index contributed by atoms with van der Waals surface area (Å²) in [6.45, 7) is 11.0. The molecule has 1 amide bonds. The van der Waals surface area contributed by atoms with Gasteiger partial charge in [-0.3, -0.25) is 4.79 Å². The molecule has 0 radical (unpaired) electrons. The molecule has 3 heteroatoms. The second-order valence-corrected chi connectivity index (χ2v) is 7.47. The van der Waals surface area contributed by atoms with E-state index in [4.69, 9.17) is 0 Å². The zero-order valence-electron chi connectivity index (χ0n) is 14.6. The lowest BCUT2D eigenvalue weighted by Crippen LogP contribution is -2.32. The minimum Gasteiger partial charge on any atom is -0.393 e. The second kappa shape index (κ2) is 8.33. The predicted octanol–water partition coefficient (Wildman–Crippen LogP) is 3.73. The first-order chi connectivity index (χ1) is 10.2. The fraction of sp³-hybridized carbons (Fsp3) is 0.632. The molecule has 3 atom stereocenters. The Morgan fingerprint density at radius 2 is 1.77 bits per heavy atom. The van der Waals surface area contributed by atoms with Gasteiger partial charge in [0.15, 0.2) is 0 Å². The normalized spacial score (nSPS) is 15.9. The van der Waals surface area contributed by atoms with Crippen LogP contribution in [0.1, 0.15) is 58.9 Å². The SMILES string of the molecule is CC(O)CC(CNC(=O)CC(C)C(C)(C)C)c1ccccc1. The van der Waals surface area contributed by atoms with Crippen molar-refractivity contribution in [2.75, 3.05) is 6.54 Å². The predicted molar refractivity (Wildman–Crippen MR) is 91.7 cm³/mol. The number of rotatable bonds is 7. The van der Waals surface area contributed by atoms with Crippen molar-refractivity contribution in [2.24, 2.45) is 11.3 Å². The summed E-state index contributed by atoms with van der Waals surface area (Å²) < 4.78 is 0. The summed E-state index contributed by atoms with van der Waals surface area (Å²) in [5.41, 5.74) is 1.29. The van der Waals surface area contributed by atoms with Crippen molar-refractivity contribution in [1.29, 1.82) is 0 Å². The largest absolute Gasteiger partial charge is 0.393 e. The van der Waals surface area contributed by atoms with Gasteiger partial charge in [-0.2, -0.15) is 0 Å². The molecule has 0 heterocycles. The van der Waals surface area contributed by atoms with Crippen LogP contribution in [0.15, 0.2) is 30.3 Å². The van der Waals surface area contributed by atoms with Crippen molar-refractivity contribution in [1.82, 2.24) is 5.32 Å². The molecule has 0 aliphatic carbocycles. The first kappa shape index (κ1) is 18.7. The average Bonchev–Trinajstić information content (AvgIpc) is 2.43. The standard InChI is InChI=1S/C19H31NO2/c1-14(19(3,4)5)11-18(22)20-13-17(12-15(2)21)16-9-7-6-8-10-16/h6-10,14-15,17,21H,11-13H2,1-5H3,(H,20,22). The van der Waals surface area contributed by atoms with Crippen molar-refractivity contribution >= 4 is 5.91 Å². The number of nitrogens with one attached hydrogen (secondary N) is 1. The van der Waals surface area contributed by atoms with Crippen LogP contribution in [0.2, 0.25) is 0 Å². The minimum atomic E-state index is -0.379. The highest BCUT2D eigenvalue weighted by Gasteiger charge is 2.23. The van der Waals surface area contributed by atoms with Gasteiger partial charge in [0.25, 0.3) is 0 Å². The Balaban J connectivity index is 2.59. The summed E-state index contributed by atoms with van der Waals surface area (Å²) in [5, 5.41) is 12.7. The molecule has 3 nitrogen and oxygen atoms in total. The number of aliphatic hydroxyl groups excluding tert-OH is 1. The van der Waals surface area contributed by atoms with Crippen LogP contribution in [0.5, 0.6) is 0 Å². The van der Waals surface area contributed by atoms with Gasteiger partial charge in [-0.25, -0.2) is 0 Å². The maximum Gasteiger partial charge on any atom is 0.220 e. The Morgan fingerprint density at radius 3 is 2.27 bits per heavy atom. The van der Waals surface area contributed by atoms with E-state index in [1.807, 2.05) is 18.2 Å². The van der Waals surface area contributed by atoms with E-state index in [0.717, 1.165) is 5.56 Å². The first-order valence-corrected chi connectivity index (χ1v) is 8.20. The summed E-state index contributed by atoms with van der Waals surface area (Å²) in [6.07, 6.45) is 0.814. The number of hydrogen-bond acceptors (Lipinski definition) is 2. The molecule has 0 aliphatic heterocycles. The summed E-state index contributed by atoms with van der Waals surface area (Å²) in [4.78, 5) is 12.1. The Hall–Kier alpha value is -1.35. The fourth-order valence-electron chi connectivity index (χ4n) is 2.37. The van der Waals surface area contributed by atoms with Crippen molar-refractivity contribution in [3.05, 3.63) is 35.9 Å². The van der Waals surface area contributed by atoms with E-state index >= 15 is 0 Å². The van der Waals surface area contributed by atoms with Crippen LogP contribution >= 0.6 is 0 Å². The van der Waals surface area contributed by atoms with Crippen LogP contribution in [0.3, 0.4) is 0 Å². The molecular formula is C19H31NO2. The van der Waals surface area contributed by atoms with Gasteiger partial charge < -0.3 is 10.4 Å². The maximum absolute atomic E-state index is 12.1. The molecule has 22 heavy (non-hydrogen) atoms. The number of aliphatic hydroxyl groups is 1. The van der Waals surface area contributed by atoms with E-state index < -0.39 is 0 Å². The smallest absolute Gasteiger partial charge is 0.220 e. The lowest BCUT2D eigenvalue weighted by atomic mass is 9.80. The molecule has 0 spiro atoms. The van der Waals surface area contributed by atoms with Crippen molar-refractivity contribution < 1.29 is 9.90 Å². The Labute approximate surface area is 135 Å². The summed E-state index contributed by atoms with van der Waals surface area (Å²) >= 11 is 0. The minimum absolute atomic E-state index is 0.0916. The fourth-order valence-corrected chi connectivity index (χ4v) is 2.37. The van der Waals surface area contributed by atoms with Gasteiger partial charge in [0.05, 0.1) is 6.10 Å². The number of hydrogen-bond donors (Lipinski definition) is 2. The molecule has 0 saturated carbocycles. The highest BCUT2D eigenvalue weighted by atomic mass is 16.3. The van der Waals surface area contributed by atoms with E-state index in [1.165, 1.54) is 0 Å².